The van der Waals surface area contributed by atoms with Gasteiger partial charge in [0, 0.05) is 39.3 Å². The number of anilines is 1. The van der Waals surface area contributed by atoms with Gasteiger partial charge in [-0.05, 0) is 38.3 Å². The summed E-state index contributed by atoms with van der Waals surface area (Å²) in [4.78, 5) is 6.42. The van der Waals surface area contributed by atoms with Crippen molar-refractivity contribution in [1.82, 2.24) is 25.4 Å². The maximum Gasteiger partial charge on any atom is 0.192 e. The third kappa shape index (κ3) is 5.12. The fourth-order valence-electron chi connectivity index (χ4n) is 3.97. The standard InChI is InChI=1S/C21H29F2N7O/c1-14-27-28-19(29(14)2)12-25-21(24-11-16-5-4-10-31-16)26-15-8-9-30(13-15)20-17(22)6-3-7-18(20)23/h3,6-7,15-16H,4-5,8-13H2,1-2H3,(H2,24,25,26). The Morgan fingerprint density at radius 2 is 2.06 bits per heavy atom. The van der Waals surface area contributed by atoms with E-state index in [1.807, 2.05) is 18.5 Å². The third-order valence-electron chi connectivity index (χ3n) is 5.87. The summed E-state index contributed by atoms with van der Waals surface area (Å²) < 4.78 is 35.9. The number of halogens is 2. The first-order valence-electron chi connectivity index (χ1n) is 10.7. The first-order chi connectivity index (χ1) is 15.0. The molecule has 0 radical (unpaired) electrons. The molecule has 4 rings (SSSR count). The van der Waals surface area contributed by atoms with Crippen LogP contribution in [0.5, 0.6) is 0 Å². The van der Waals surface area contributed by atoms with Gasteiger partial charge in [0.1, 0.15) is 29.7 Å². The van der Waals surface area contributed by atoms with Gasteiger partial charge < -0.3 is 24.8 Å². The van der Waals surface area contributed by atoms with Crippen LogP contribution in [-0.4, -0.2) is 59.1 Å². The first-order valence-corrected chi connectivity index (χ1v) is 10.7. The molecule has 0 aliphatic carbocycles. The summed E-state index contributed by atoms with van der Waals surface area (Å²) in [5.74, 6) is 1.15. The zero-order valence-electron chi connectivity index (χ0n) is 17.9. The summed E-state index contributed by atoms with van der Waals surface area (Å²) in [5.41, 5.74) is 0.0344. The number of nitrogens with zero attached hydrogens (tertiary/aromatic N) is 5. The predicted molar refractivity (Wildman–Crippen MR) is 114 cm³/mol. The molecule has 10 heteroatoms. The molecule has 2 aliphatic rings. The van der Waals surface area contributed by atoms with Crippen LogP contribution in [-0.2, 0) is 18.3 Å². The molecule has 0 spiro atoms. The van der Waals surface area contributed by atoms with E-state index in [9.17, 15) is 8.78 Å². The molecule has 2 aromatic rings. The van der Waals surface area contributed by atoms with E-state index in [0.717, 1.165) is 37.5 Å². The third-order valence-corrected chi connectivity index (χ3v) is 5.87. The van der Waals surface area contributed by atoms with Crippen LogP contribution >= 0.6 is 0 Å². The van der Waals surface area contributed by atoms with Gasteiger partial charge in [-0.2, -0.15) is 0 Å². The Bertz CT molecular complexity index is 906. The Morgan fingerprint density at radius 3 is 2.74 bits per heavy atom. The number of hydrogen-bond acceptors (Lipinski definition) is 5. The second kappa shape index (κ2) is 9.59. The molecule has 0 bridgehead atoms. The van der Waals surface area contributed by atoms with Gasteiger partial charge in [-0.15, -0.1) is 10.2 Å². The zero-order chi connectivity index (χ0) is 21.8. The molecular weight excluding hydrogens is 404 g/mol. The Morgan fingerprint density at radius 1 is 1.26 bits per heavy atom. The zero-order valence-corrected chi connectivity index (χ0v) is 17.9. The number of hydrogen-bond donors (Lipinski definition) is 2. The number of ether oxygens (including phenoxy) is 1. The minimum Gasteiger partial charge on any atom is -0.376 e. The number of para-hydroxylation sites is 1. The fourth-order valence-corrected chi connectivity index (χ4v) is 3.97. The van der Waals surface area contributed by atoms with Crippen molar-refractivity contribution >= 4 is 11.6 Å². The topological polar surface area (TPSA) is 79.6 Å². The Balaban J connectivity index is 1.42. The van der Waals surface area contributed by atoms with Gasteiger partial charge in [-0.3, -0.25) is 0 Å². The van der Waals surface area contributed by atoms with Crippen molar-refractivity contribution in [2.24, 2.45) is 12.0 Å². The minimum absolute atomic E-state index is 0.0102. The number of aliphatic imine (C=N–C) groups is 1. The number of benzene rings is 1. The maximum atomic E-state index is 14.2. The molecular formula is C21H29F2N7O. The quantitative estimate of drug-likeness (QED) is 0.535. The van der Waals surface area contributed by atoms with Crippen LogP contribution in [0.1, 0.15) is 30.9 Å². The monoisotopic (exact) mass is 433 g/mol. The first kappa shape index (κ1) is 21.5. The van der Waals surface area contributed by atoms with Crippen molar-refractivity contribution in [3.8, 4) is 0 Å². The molecule has 1 aromatic carbocycles. The Labute approximate surface area is 180 Å². The van der Waals surface area contributed by atoms with Gasteiger partial charge in [-0.1, -0.05) is 6.07 Å². The van der Waals surface area contributed by atoms with Crippen molar-refractivity contribution < 1.29 is 13.5 Å². The van der Waals surface area contributed by atoms with Crippen molar-refractivity contribution in [2.75, 3.05) is 31.1 Å². The van der Waals surface area contributed by atoms with E-state index in [0.29, 0.717) is 32.1 Å². The minimum atomic E-state index is -0.538. The van der Waals surface area contributed by atoms with Gasteiger partial charge in [0.2, 0.25) is 0 Å². The van der Waals surface area contributed by atoms with Crippen LogP contribution in [0.2, 0.25) is 0 Å². The van der Waals surface area contributed by atoms with Crippen LogP contribution in [0.3, 0.4) is 0 Å². The Hall–Kier alpha value is -2.75. The number of rotatable bonds is 6. The molecule has 0 amide bonds. The summed E-state index contributed by atoms with van der Waals surface area (Å²) in [6, 6.07) is 3.97. The van der Waals surface area contributed by atoms with E-state index in [1.165, 1.54) is 18.2 Å². The van der Waals surface area contributed by atoms with Gasteiger partial charge in [0.05, 0.1) is 6.10 Å². The van der Waals surface area contributed by atoms with E-state index < -0.39 is 11.6 Å². The van der Waals surface area contributed by atoms with E-state index in [2.05, 4.69) is 25.8 Å². The van der Waals surface area contributed by atoms with Crippen molar-refractivity contribution in [2.45, 2.75) is 44.9 Å². The number of aromatic nitrogens is 3. The lowest BCUT2D eigenvalue weighted by Crippen LogP contribution is -2.46. The van der Waals surface area contributed by atoms with Gasteiger partial charge in [0.15, 0.2) is 11.8 Å². The van der Waals surface area contributed by atoms with E-state index in [1.54, 1.807) is 4.90 Å². The lowest BCUT2D eigenvalue weighted by atomic mass is 10.2. The van der Waals surface area contributed by atoms with Crippen molar-refractivity contribution in [3.63, 3.8) is 0 Å². The van der Waals surface area contributed by atoms with Crippen LogP contribution < -0.4 is 15.5 Å². The molecule has 2 unspecified atom stereocenters. The van der Waals surface area contributed by atoms with E-state index >= 15 is 0 Å². The normalized spacial score (nSPS) is 21.7. The molecule has 2 fully saturated rings. The number of guanidine groups is 1. The molecule has 2 atom stereocenters. The van der Waals surface area contributed by atoms with Crippen molar-refractivity contribution in [3.05, 3.63) is 41.5 Å². The summed E-state index contributed by atoms with van der Waals surface area (Å²) in [6.45, 7) is 4.76. The molecule has 8 nitrogen and oxygen atoms in total. The molecule has 1 aromatic heterocycles. The molecule has 2 N–H and O–H groups in total. The Kier molecular flexibility index (Phi) is 6.64. The van der Waals surface area contributed by atoms with Crippen LogP contribution in [0.4, 0.5) is 14.5 Å². The second-order valence-electron chi connectivity index (χ2n) is 8.05. The second-order valence-corrected chi connectivity index (χ2v) is 8.05. The maximum absolute atomic E-state index is 14.2. The summed E-state index contributed by atoms with van der Waals surface area (Å²) in [6.07, 6.45) is 3.00. The average Bonchev–Trinajstić information content (AvgIpc) is 3.49. The van der Waals surface area contributed by atoms with Crippen molar-refractivity contribution in [1.29, 1.82) is 0 Å². The molecule has 2 saturated heterocycles. The highest BCUT2D eigenvalue weighted by Gasteiger charge is 2.27. The number of aryl methyl sites for hydroxylation is 1. The van der Waals surface area contributed by atoms with Crippen LogP contribution in [0.15, 0.2) is 23.2 Å². The summed E-state index contributed by atoms with van der Waals surface area (Å²) in [5, 5.41) is 15.0. The highest BCUT2D eigenvalue weighted by molar-refractivity contribution is 5.80. The van der Waals surface area contributed by atoms with Gasteiger partial charge in [-0.25, -0.2) is 13.8 Å². The molecule has 0 saturated carbocycles. The van der Waals surface area contributed by atoms with Gasteiger partial charge >= 0.3 is 0 Å². The predicted octanol–water partition coefficient (Wildman–Crippen LogP) is 1.89. The lowest BCUT2D eigenvalue weighted by molar-refractivity contribution is 0.113. The van der Waals surface area contributed by atoms with Crippen LogP contribution in [0, 0.1) is 18.6 Å². The SMILES string of the molecule is Cc1nnc(CN=C(NCC2CCCO2)NC2CCN(c3c(F)cccc3F)C2)n1C. The molecule has 2 aliphatic heterocycles. The largest absolute Gasteiger partial charge is 0.376 e. The average molecular weight is 434 g/mol. The lowest BCUT2D eigenvalue weighted by Gasteiger charge is -2.22. The molecule has 3 heterocycles. The summed E-state index contributed by atoms with van der Waals surface area (Å²) in [7, 11) is 1.91. The highest BCUT2D eigenvalue weighted by Crippen LogP contribution is 2.26. The van der Waals surface area contributed by atoms with Gasteiger partial charge in [0.25, 0.3) is 0 Å². The fraction of sp³-hybridized carbons (Fsp3) is 0.571. The number of nitrogens with one attached hydrogen (secondary N) is 2. The van der Waals surface area contributed by atoms with Crippen LogP contribution in [0.25, 0.3) is 0 Å². The molecule has 168 valence electrons. The molecule has 31 heavy (non-hydrogen) atoms. The highest BCUT2D eigenvalue weighted by atomic mass is 19.1. The van der Waals surface area contributed by atoms with E-state index in [-0.39, 0.29) is 17.8 Å². The summed E-state index contributed by atoms with van der Waals surface area (Å²) >= 11 is 0. The van der Waals surface area contributed by atoms with E-state index in [4.69, 9.17) is 4.74 Å². The smallest absolute Gasteiger partial charge is 0.192 e.